The summed E-state index contributed by atoms with van der Waals surface area (Å²) >= 11 is 4.92. The molecule has 0 spiro atoms. The third kappa shape index (κ3) is 39.2. The number of nitro benzene ring substituents is 1. The number of ether oxygens (including phenoxy) is 6. The summed E-state index contributed by atoms with van der Waals surface area (Å²) in [6.07, 6.45) is -1.00. The third-order valence-electron chi connectivity index (χ3n) is 15.9. The highest BCUT2D eigenvalue weighted by molar-refractivity contribution is 6.61. The molecule has 668 valence electrons. The second-order valence-corrected chi connectivity index (χ2v) is 32.6. The summed E-state index contributed by atoms with van der Waals surface area (Å²) in [5.41, 5.74) is 36.9. The van der Waals surface area contributed by atoms with Crippen LogP contribution in [0.3, 0.4) is 0 Å². The van der Waals surface area contributed by atoms with Crippen molar-refractivity contribution in [3.05, 3.63) is 232 Å². The summed E-state index contributed by atoms with van der Waals surface area (Å²) in [6, 6.07) is 55.1. The molecule has 10 rings (SSSR count). The first-order valence-electron chi connectivity index (χ1n) is 39.1. The summed E-state index contributed by atoms with van der Waals surface area (Å²) in [5.74, 6) is 1.23. The topological polar surface area (TPSA) is 480 Å². The highest BCUT2D eigenvalue weighted by Crippen LogP contribution is 2.31. The number of halogens is 2. The van der Waals surface area contributed by atoms with Crippen LogP contribution < -0.4 is 65.3 Å². The number of non-ortho nitro benzene ring substituents is 1. The number of aryl methyl sites for hydroxylation is 3. The van der Waals surface area contributed by atoms with Gasteiger partial charge in [0.05, 0.1) is 45.1 Å². The van der Waals surface area contributed by atoms with E-state index >= 15 is 0 Å². The molecule has 10 aromatic rings. The molecule has 7 amide bonds. The average Bonchev–Trinajstić information content (AvgIpc) is 1.66. The molecule has 0 fully saturated rings. The number of nitro groups is 1. The van der Waals surface area contributed by atoms with E-state index in [1.165, 1.54) is 35.9 Å². The van der Waals surface area contributed by atoms with Crippen molar-refractivity contribution in [2.24, 2.45) is 11.5 Å². The number of nitrogens with zero attached hydrogens (tertiary/aromatic N) is 8. The molecule has 0 saturated heterocycles. The van der Waals surface area contributed by atoms with Crippen molar-refractivity contribution in [3.63, 3.8) is 0 Å². The quantitative estimate of drug-likeness (QED) is 0.0125. The number of carbonyl (C=O) groups is 6. The van der Waals surface area contributed by atoms with Gasteiger partial charge in [-0.2, -0.15) is 20.6 Å². The number of nitrogen functional groups attached to an aromatic ring is 3. The number of carbonyl (C=O) groups excluding carboxylic acids is 6. The molecule has 0 radical (unpaired) electrons. The lowest BCUT2D eigenvalue weighted by Gasteiger charge is -2.19. The minimum atomic E-state index is -1.15. The molecule has 3 heterocycles. The van der Waals surface area contributed by atoms with Gasteiger partial charge in [-0.05, 0) is 204 Å². The van der Waals surface area contributed by atoms with E-state index in [-0.39, 0.29) is 46.1 Å². The summed E-state index contributed by atoms with van der Waals surface area (Å²) < 4.78 is 35.3. The van der Waals surface area contributed by atoms with Gasteiger partial charge in [0.2, 0.25) is 5.91 Å². The Labute approximate surface area is 736 Å². The van der Waals surface area contributed by atoms with Gasteiger partial charge in [-0.15, -0.1) is 12.4 Å². The summed E-state index contributed by atoms with van der Waals surface area (Å²) in [5, 5.41) is 48.7. The fourth-order valence-corrected chi connectivity index (χ4v) is 9.70. The molecule has 1 atom stereocenters. The number of anilines is 9. The second kappa shape index (κ2) is 49.1. The minimum Gasteiger partial charge on any atom is -0.444 e. The van der Waals surface area contributed by atoms with Gasteiger partial charge in [0.1, 0.15) is 34.4 Å². The fourth-order valence-electron chi connectivity index (χ4n) is 9.61. The van der Waals surface area contributed by atoms with Crippen molar-refractivity contribution in [2.45, 2.75) is 185 Å². The van der Waals surface area contributed by atoms with E-state index < -0.39 is 58.2 Å². The van der Waals surface area contributed by atoms with Gasteiger partial charge < -0.3 is 67.7 Å². The van der Waals surface area contributed by atoms with E-state index in [4.69, 9.17) is 73.7 Å². The Bertz CT molecular complexity index is 5050. The lowest BCUT2D eigenvalue weighted by molar-refractivity contribution is -0.384. The van der Waals surface area contributed by atoms with E-state index in [0.717, 1.165) is 45.3 Å². The number of amides is 7. The van der Waals surface area contributed by atoms with Crippen LogP contribution in [0.5, 0.6) is 5.75 Å². The largest absolute Gasteiger partial charge is 0.444 e. The van der Waals surface area contributed by atoms with Crippen LogP contribution in [-0.2, 0) is 44.7 Å². The standard InChI is InChI=1S/C26H33N5O3.C21H25N5O.C14H19N3.C11H16N2O2.C7H4ClNO4.C7H16O3.C3H5N3O.ClH/c1-17-8-14-20(15-9-17)31-22(16-21(30-31)25(2,3)4)29-23(32)27-18-10-12-19(13-11-18)28-24(33)34-26(5,6)7;1-14-5-11-17(12-6-14)26-19(13-18(25-26)21(2,3)4)24-20(27)23-16-9-7-15(22)8-10-16;1-10-5-7-11(8-6-10)17-13(15)9-12(16-17)14(2,3)4;1-11(2,3)15-10(14)13-9-6-4-8(12)5-7-9;8-7(10)13-6-3-1-5(2-4-6)9(11)12;1-4-8-7(9-5-2)10-6-3;4-1-2(5)3(6)7;/h8-16H,1-7H3,(H,28,33)(H2,27,29,32);5-13H,22H2,1-4H3,(H2,23,24,27);5-9H,15H2,1-4H3;4-7H,12H2,1-3H3,(H,13,14);1-4H;7H,4-6H2,1-3H3;2H,5H2,(H2,6,7);1H. The predicted octanol–water partition coefficient (Wildman–Crippen LogP) is 19.3. The Balaban J connectivity index is 0.000000394. The van der Waals surface area contributed by atoms with E-state index in [1.54, 1.807) is 108 Å². The molecule has 0 aliphatic carbocycles. The Kier molecular flexibility index (Phi) is 41.6. The van der Waals surface area contributed by atoms with Crippen LogP contribution in [0.2, 0.25) is 0 Å². The number of nitrogens with two attached hydrogens (primary N) is 5. The van der Waals surface area contributed by atoms with Crippen LogP contribution in [0.15, 0.2) is 188 Å². The molecule has 35 heteroatoms. The lowest BCUT2D eigenvalue weighted by atomic mass is 9.92. The number of aromatic nitrogens is 6. The van der Waals surface area contributed by atoms with Crippen molar-refractivity contribution in [1.29, 1.82) is 5.26 Å². The molecule has 1 unspecified atom stereocenters. The zero-order valence-electron chi connectivity index (χ0n) is 74.1. The molecule has 0 bridgehead atoms. The molecule has 0 saturated carbocycles. The van der Waals surface area contributed by atoms with E-state index in [0.29, 0.717) is 71.4 Å². The monoisotopic (exact) mass is 1750 g/mol. The second-order valence-electron chi connectivity index (χ2n) is 32.3. The number of rotatable bonds is 18. The molecule has 0 aliphatic heterocycles. The Morgan fingerprint density at radius 1 is 0.468 bits per heavy atom. The smallest absolute Gasteiger partial charge is 0.412 e. The van der Waals surface area contributed by atoms with Crippen LogP contribution in [0, 0.1) is 42.2 Å². The number of primary amides is 1. The first kappa shape index (κ1) is 105. The van der Waals surface area contributed by atoms with Crippen LogP contribution in [0.1, 0.15) is 158 Å². The molecular weight excluding hydrogens is 1630 g/mol. The molecule has 7 aromatic carbocycles. The summed E-state index contributed by atoms with van der Waals surface area (Å²) in [7, 11) is 0. The summed E-state index contributed by atoms with van der Waals surface area (Å²) in [4.78, 5) is 78.2. The maximum atomic E-state index is 12.7. The molecule has 3 aromatic heterocycles. The van der Waals surface area contributed by atoms with E-state index in [9.17, 15) is 38.9 Å². The highest BCUT2D eigenvalue weighted by atomic mass is 35.5. The number of nitrogens with one attached hydrogen (secondary N) is 6. The average molecular weight is 1750 g/mol. The first-order chi connectivity index (χ1) is 57.4. The van der Waals surface area contributed by atoms with Crippen molar-refractivity contribution in [1.82, 2.24) is 29.3 Å². The van der Waals surface area contributed by atoms with E-state index in [1.807, 2.05) is 134 Å². The zero-order chi connectivity index (χ0) is 92.3. The Morgan fingerprint density at radius 3 is 1.03 bits per heavy atom. The van der Waals surface area contributed by atoms with Crippen LogP contribution in [0.25, 0.3) is 17.1 Å². The maximum absolute atomic E-state index is 12.7. The van der Waals surface area contributed by atoms with Crippen molar-refractivity contribution >= 4 is 117 Å². The lowest BCUT2D eigenvalue weighted by Crippen LogP contribution is -2.34. The maximum Gasteiger partial charge on any atom is 0.412 e. The van der Waals surface area contributed by atoms with Crippen molar-refractivity contribution in [2.75, 3.05) is 68.9 Å². The minimum absolute atomic E-state index is 0. The van der Waals surface area contributed by atoms with E-state index in [2.05, 4.69) is 129 Å². The van der Waals surface area contributed by atoms with Crippen LogP contribution in [-0.4, -0.2) is 113 Å². The molecular formula is C89H119Cl2N19O14. The molecule has 124 heavy (non-hydrogen) atoms. The Hall–Kier alpha value is -13.1. The van der Waals surface area contributed by atoms with Gasteiger partial charge in [0.15, 0.2) is 6.04 Å². The molecule has 0 aliphatic rings. The number of hydrogen-bond donors (Lipinski definition) is 11. The Morgan fingerprint density at radius 2 is 0.766 bits per heavy atom. The van der Waals surface area contributed by atoms with Gasteiger partial charge in [0, 0.05) is 112 Å². The number of hydrogen-bond acceptors (Lipinski definition) is 22. The zero-order valence-corrected chi connectivity index (χ0v) is 75.7. The first-order valence-corrected chi connectivity index (χ1v) is 39.4. The van der Waals surface area contributed by atoms with Crippen LogP contribution in [0.4, 0.5) is 81.2 Å². The van der Waals surface area contributed by atoms with Crippen molar-refractivity contribution in [3.8, 4) is 28.9 Å². The normalized spacial score (nSPS) is 11.1. The predicted molar refractivity (Wildman–Crippen MR) is 492 cm³/mol. The SMILES string of the molecule is CC(C)(C)OC(=O)Nc1ccc(N)cc1.CCOC(OCC)OCC.Cc1ccc(-n2nc(C(C)(C)C)cc2N)cc1.Cc1ccc(-n2nc(C(C)(C)C)cc2NC(=O)Nc2ccc(N)cc2)cc1.Cc1ccc(-n2nc(C(C)(C)C)cc2NC(=O)Nc2ccc(NC(=O)OC(C)(C)C)cc2)cc1.Cl.N#CC(N)C(N)=O.O=C(Cl)Oc1ccc([N+](=O)[O-])cc1. The van der Waals surface area contributed by atoms with Gasteiger partial charge in [-0.25, -0.2) is 38.0 Å². The number of benzene rings is 7. The van der Waals surface area contributed by atoms with Gasteiger partial charge >= 0.3 is 29.7 Å². The third-order valence-corrected chi connectivity index (χ3v) is 16.0. The van der Waals surface area contributed by atoms with Gasteiger partial charge in [0.25, 0.3) is 12.2 Å². The van der Waals surface area contributed by atoms with Crippen LogP contribution >= 0.6 is 24.0 Å². The molecule has 33 nitrogen and oxygen atoms in total. The van der Waals surface area contributed by atoms with Gasteiger partial charge in [-0.3, -0.25) is 36.2 Å². The fraction of sp³-hybridized carbons (Fsp3) is 0.348. The van der Waals surface area contributed by atoms with Gasteiger partial charge in [-0.1, -0.05) is 115 Å². The number of nitriles is 1. The highest BCUT2D eigenvalue weighted by Gasteiger charge is 2.26. The summed E-state index contributed by atoms with van der Waals surface area (Å²) in [6.45, 7) is 43.0. The van der Waals surface area contributed by atoms with Crippen molar-refractivity contribution < 1.29 is 62.1 Å². The molecule has 16 N–H and O–H groups in total. The number of urea groups is 2.